The van der Waals surface area contributed by atoms with Gasteiger partial charge in [-0.1, -0.05) is 84.9 Å². The smallest absolute Gasteiger partial charge is 0.0994 e. The number of allylic oxidation sites excluding steroid dienone is 1. The maximum Gasteiger partial charge on any atom is 0.0994 e. The molecule has 0 spiro atoms. The largest absolute Gasteiger partial charge is 0.309 e. The molecule has 8 rings (SSSR count). The summed E-state index contributed by atoms with van der Waals surface area (Å²) >= 11 is 1.86. The Labute approximate surface area is 236 Å². The van der Waals surface area contributed by atoms with E-state index in [2.05, 4.69) is 120 Å². The first-order chi connectivity index (χ1) is 19.8. The minimum absolute atomic E-state index is 0.203. The van der Waals surface area contributed by atoms with Crippen molar-refractivity contribution in [2.75, 3.05) is 0 Å². The molecule has 0 N–H and O–H groups in total. The average molecular weight is 529 g/mol. The first-order valence-corrected chi connectivity index (χ1v) is 14.4. The van der Waals surface area contributed by atoms with Crippen molar-refractivity contribution in [2.45, 2.75) is 12.3 Å². The Bertz CT molecular complexity index is 2120. The Balaban J connectivity index is 1.29. The predicted octanol–water partition coefficient (Wildman–Crippen LogP) is 9.89. The van der Waals surface area contributed by atoms with Gasteiger partial charge in [-0.05, 0) is 71.0 Å². The van der Waals surface area contributed by atoms with Gasteiger partial charge in [0.2, 0.25) is 0 Å². The highest BCUT2D eigenvalue weighted by Crippen LogP contribution is 2.43. The van der Waals surface area contributed by atoms with Crippen molar-refractivity contribution >= 4 is 49.3 Å². The van der Waals surface area contributed by atoms with E-state index >= 15 is 0 Å². The number of nitriles is 1. The summed E-state index contributed by atoms with van der Waals surface area (Å²) in [5.74, 6) is 0.203. The summed E-state index contributed by atoms with van der Waals surface area (Å²) in [6, 6.07) is 43.4. The summed E-state index contributed by atoms with van der Waals surface area (Å²) in [6.07, 6.45) is 5.43. The molecular weight excluding hydrogens is 504 g/mol. The van der Waals surface area contributed by atoms with Crippen LogP contribution in [0.2, 0.25) is 0 Å². The van der Waals surface area contributed by atoms with E-state index in [-0.39, 0.29) is 5.92 Å². The van der Waals surface area contributed by atoms with Crippen LogP contribution in [0.15, 0.2) is 121 Å². The molecule has 1 aliphatic carbocycles. The molecule has 2 aromatic heterocycles. The molecule has 0 radical (unpaired) electrons. The number of fused-ring (bicyclic) bond motifs is 6. The molecule has 1 atom stereocenters. The Hall–Kier alpha value is -4.91. The molecule has 0 aliphatic heterocycles. The predicted molar refractivity (Wildman–Crippen MR) is 168 cm³/mol. The molecule has 0 saturated carbocycles. The molecule has 0 fully saturated rings. The SMILES string of the molecule is N#Cc1ccccc1C1C=Cc2sc3ccc(-c4ccccc4-n4c5ccccc5c5ccccc54)cc3c2C1. The lowest BCUT2D eigenvalue weighted by atomic mass is 9.84. The standard InChI is InChI=1S/C37H24N2S/c38-23-26-9-1-2-10-27(26)24-17-19-36-31(21-24)32-22-25(18-20-37(32)40-36)28-11-3-6-14-33(28)39-34-15-7-4-12-29(34)30-13-5-8-16-35(30)39/h1-20,22,24H,21H2. The van der Waals surface area contributed by atoms with Gasteiger partial charge in [-0.25, -0.2) is 0 Å². The maximum atomic E-state index is 9.70. The quantitative estimate of drug-likeness (QED) is 0.224. The van der Waals surface area contributed by atoms with Crippen LogP contribution in [-0.4, -0.2) is 4.57 Å². The van der Waals surface area contributed by atoms with Crippen LogP contribution < -0.4 is 0 Å². The van der Waals surface area contributed by atoms with Crippen molar-refractivity contribution < 1.29 is 0 Å². The van der Waals surface area contributed by atoms with Gasteiger partial charge in [0.1, 0.15) is 0 Å². The van der Waals surface area contributed by atoms with E-state index in [1.807, 2.05) is 29.5 Å². The number of nitrogens with zero attached hydrogens (tertiary/aromatic N) is 2. The van der Waals surface area contributed by atoms with Gasteiger partial charge in [-0.15, -0.1) is 11.3 Å². The molecule has 2 heterocycles. The van der Waals surface area contributed by atoms with Gasteiger partial charge in [0.15, 0.2) is 0 Å². The second-order valence-electron chi connectivity index (χ2n) is 10.4. The zero-order valence-corrected chi connectivity index (χ0v) is 22.5. The van der Waals surface area contributed by atoms with Gasteiger partial charge in [0.05, 0.1) is 28.4 Å². The zero-order chi connectivity index (χ0) is 26.6. The van der Waals surface area contributed by atoms with Crippen LogP contribution in [0.3, 0.4) is 0 Å². The third kappa shape index (κ3) is 3.47. The molecule has 40 heavy (non-hydrogen) atoms. The van der Waals surface area contributed by atoms with Crippen LogP contribution in [0, 0.1) is 11.3 Å². The van der Waals surface area contributed by atoms with Crippen LogP contribution >= 0.6 is 11.3 Å². The fourth-order valence-electron chi connectivity index (χ4n) is 6.40. The van der Waals surface area contributed by atoms with Crippen LogP contribution in [0.5, 0.6) is 0 Å². The third-order valence-corrected chi connectivity index (χ3v) is 9.42. The monoisotopic (exact) mass is 528 g/mol. The van der Waals surface area contributed by atoms with Crippen molar-refractivity contribution in [3.05, 3.63) is 143 Å². The van der Waals surface area contributed by atoms with Crippen molar-refractivity contribution in [2.24, 2.45) is 0 Å². The van der Waals surface area contributed by atoms with E-state index in [4.69, 9.17) is 0 Å². The number of aromatic nitrogens is 1. The van der Waals surface area contributed by atoms with Crippen molar-refractivity contribution in [1.29, 1.82) is 5.26 Å². The molecule has 188 valence electrons. The minimum atomic E-state index is 0.203. The Morgan fingerprint density at radius 1 is 0.725 bits per heavy atom. The molecule has 7 aromatic rings. The van der Waals surface area contributed by atoms with E-state index in [1.165, 1.54) is 59.1 Å². The topological polar surface area (TPSA) is 28.7 Å². The van der Waals surface area contributed by atoms with E-state index < -0.39 is 0 Å². The minimum Gasteiger partial charge on any atom is -0.309 e. The normalized spacial score (nSPS) is 14.5. The lowest BCUT2D eigenvalue weighted by Gasteiger charge is -2.19. The van der Waals surface area contributed by atoms with Gasteiger partial charge in [-0.2, -0.15) is 5.26 Å². The third-order valence-electron chi connectivity index (χ3n) is 8.24. The second-order valence-corrected chi connectivity index (χ2v) is 11.5. The van der Waals surface area contributed by atoms with Gasteiger partial charge < -0.3 is 4.57 Å². The average Bonchev–Trinajstić information content (AvgIpc) is 3.56. The van der Waals surface area contributed by atoms with E-state index in [0.29, 0.717) is 0 Å². The molecule has 0 saturated heterocycles. The molecule has 1 aliphatic rings. The first kappa shape index (κ1) is 23.0. The molecule has 2 nitrogen and oxygen atoms in total. The Morgan fingerprint density at radius 3 is 2.23 bits per heavy atom. The highest BCUT2D eigenvalue weighted by molar-refractivity contribution is 7.20. The fraction of sp³-hybridized carbons (Fsp3) is 0.0541. The summed E-state index contributed by atoms with van der Waals surface area (Å²) < 4.78 is 3.71. The van der Waals surface area contributed by atoms with Crippen LogP contribution in [0.1, 0.15) is 27.5 Å². The van der Waals surface area contributed by atoms with Crippen molar-refractivity contribution in [1.82, 2.24) is 4.57 Å². The first-order valence-electron chi connectivity index (χ1n) is 13.6. The number of thiophene rings is 1. The summed E-state index contributed by atoms with van der Waals surface area (Å²) in [4.78, 5) is 1.33. The molecule has 3 heteroatoms. The van der Waals surface area contributed by atoms with Crippen molar-refractivity contribution in [3.63, 3.8) is 0 Å². The fourth-order valence-corrected chi connectivity index (χ4v) is 7.53. The summed E-state index contributed by atoms with van der Waals surface area (Å²) in [5, 5.41) is 13.6. The number of hydrogen-bond acceptors (Lipinski definition) is 2. The molecule has 1 unspecified atom stereocenters. The maximum absolute atomic E-state index is 9.70. The van der Waals surface area contributed by atoms with Gasteiger partial charge >= 0.3 is 0 Å². The zero-order valence-electron chi connectivity index (χ0n) is 21.7. The Kier molecular flexibility index (Phi) is 5.23. The lowest BCUT2D eigenvalue weighted by molar-refractivity contribution is 0.833. The van der Waals surface area contributed by atoms with Crippen LogP contribution in [-0.2, 0) is 6.42 Å². The molecule has 5 aromatic carbocycles. The van der Waals surface area contributed by atoms with E-state index in [9.17, 15) is 5.26 Å². The van der Waals surface area contributed by atoms with Gasteiger partial charge in [0.25, 0.3) is 0 Å². The highest BCUT2D eigenvalue weighted by atomic mass is 32.1. The van der Waals surface area contributed by atoms with Gasteiger partial charge in [-0.3, -0.25) is 0 Å². The molecular formula is C37H24N2S. The van der Waals surface area contributed by atoms with E-state index in [1.54, 1.807) is 0 Å². The van der Waals surface area contributed by atoms with Gasteiger partial charge in [0, 0.05) is 31.8 Å². The summed E-state index contributed by atoms with van der Waals surface area (Å²) in [5.41, 5.74) is 9.31. The number of para-hydroxylation sites is 3. The summed E-state index contributed by atoms with van der Waals surface area (Å²) in [6.45, 7) is 0. The van der Waals surface area contributed by atoms with Crippen LogP contribution in [0.25, 0.3) is 54.8 Å². The van der Waals surface area contributed by atoms with E-state index in [0.717, 1.165) is 17.5 Å². The van der Waals surface area contributed by atoms with Crippen molar-refractivity contribution in [3.8, 4) is 22.9 Å². The Morgan fingerprint density at radius 2 is 1.43 bits per heavy atom. The summed E-state index contributed by atoms with van der Waals surface area (Å²) in [7, 11) is 0. The lowest BCUT2D eigenvalue weighted by Crippen LogP contribution is -2.06. The number of benzene rings is 5. The molecule has 0 bridgehead atoms. The number of rotatable bonds is 3. The van der Waals surface area contributed by atoms with Crippen LogP contribution in [0.4, 0.5) is 0 Å². The number of hydrogen-bond donors (Lipinski definition) is 0. The second kappa shape index (κ2) is 9.09. The molecule has 0 amide bonds. The highest BCUT2D eigenvalue weighted by Gasteiger charge is 2.23.